The van der Waals surface area contributed by atoms with Gasteiger partial charge in [0.15, 0.2) is 11.5 Å². The van der Waals surface area contributed by atoms with Crippen molar-refractivity contribution in [3.8, 4) is 17.2 Å². The van der Waals surface area contributed by atoms with Crippen molar-refractivity contribution in [2.45, 2.75) is 18.9 Å². The molecule has 3 rings (SSSR count). The van der Waals surface area contributed by atoms with Crippen molar-refractivity contribution in [3.05, 3.63) is 17.9 Å². The van der Waals surface area contributed by atoms with Gasteiger partial charge in [-0.05, 0) is 31.9 Å². The molecule has 0 spiro atoms. The second-order valence-electron chi connectivity index (χ2n) is 5.31. The van der Waals surface area contributed by atoms with Crippen LogP contribution in [0.4, 0.5) is 0 Å². The predicted molar refractivity (Wildman–Crippen MR) is 80.4 cm³/mol. The molecule has 21 heavy (non-hydrogen) atoms. The molecule has 0 aliphatic heterocycles. The van der Waals surface area contributed by atoms with Crippen LogP contribution in [0.15, 0.2) is 16.5 Å². The van der Waals surface area contributed by atoms with E-state index in [4.69, 9.17) is 18.6 Å². The smallest absolute Gasteiger partial charge is 0.204 e. The zero-order valence-corrected chi connectivity index (χ0v) is 12.9. The number of benzene rings is 1. The molecule has 1 heterocycles. The molecule has 1 unspecified atom stereocenters. The number of hydrogen-bond acceptors (Lipinski definition) is 5. The Morgan fingerprint density at radius 3 is 2.33 bits per heavy atom. The van der Waals surface area contributed by atoms with Gasteiger partial charge in [-0.15, -0.1) is 0 Å². The summed E-state index contributed by atoms with van der Waals surface area (Å²) in [6.07, 6.45) is 2.48. The van der Waals surface area contributed by atoms with E-state index in [0.717, 1.165) is 16.7 Å². The van der Waals surface area contributed by atoms with Crippen molar-refractivity contribution >= 4 is 11.0 Å². The van der Waals surface area contributed by atoms with Crippen LogP contribution in [-0.2, 0) is 0 Å². The highest BCUT2D eigenvalue weighted by Gasteiger charge is 2.34. The minimum Gasteiger partial charge on any atom is -0.493 e. The highest BCUT2D eigenvalue weighted by Crippen LogP contribution is 2.47. The van der Waals surface area contributed by atoms with Gasteiger partial charge in [0.1, 0.15) is 11.3 Å². The summed E-state index contributed by atoms with van der Waals surface area (Å²) in [6, 6.07) is 4.13. The lowest BCUT2D eigenvalue weighted by Gasteiger charge is -2.12. The second kappa shape index (κ2) is 5.48. The van der Waals surface area contributed by atoms with E-state index in [0.29, 0.717) is 23.2 Å². The monoisotopic (exact) mass is 291 g/mol. The number of furan rings is 1. The van der Waals surface area contributed by atoms with E-state index in [1.807, 2.05) is 19.2 Å². The minimum absolute atomic E-state index is 0.249. The Labute approximate surface area is 124 Å². The van der Waals surface area contributed by atoms with Gasteiger partial charge in [-0.2, -0.15) is 0 Å². The third-order valence-electron chi connectivity index (χ3n) is 4.06. The number of fused-ring (bicyclic) bond motifs is 1. The Morgan fingerprint density at radius 2 is 1.81 bits per heavy atom. The molecule has 0 bridgehead atoms. The van der Waals surface area contributed by atoms with Crippen molar-refractivity contribution in [3.63, 3.8) is 0 Å². The van der Waals surface area contributed by atoms with Crippen molar-refractivity contribution in [1.82, 2.24) is 5.32 Å². The third-order valence-corrected chi connectivity index (χ3v) is 4.06. The summed E-state index contributed by atoms with van der Waals surface area (Å²) in [6.45, 7) is 0. The zero-order valence-electron chi connectivity index (χ0n) is 12.9. The number of nitrogens with one attached hydrogen (secondary N) is 1. The van der Waals surface area contributed by atoms with Crippen LogP contribution in [0.2, 0.25) is 0 Å². The summed E-state index contributed by atoms with van der Waals surface area (Å²) in [5.74, 6) is 3.43. The van der Waals surface area contributed by atoms with Crippen molar-refractivity contribution < 1.29 is 18.6 Å². The molecule has 5 heteroatoms. The molecule has 1 fully saturated rings. The summed E-state index contributed by atoms with van der Waals surface area (Å²) in [7, 11) is 6.80. The molecular weight excluding hydrogens is 270 g/mol. The number of hydrogen-bond donors (Lipinski definition) is 1. The Morgan fingerprint density at radius 1 is 1.10 bits per heavy atom. The van der Waals surface area contributed by atoms with Gasteiger partial charge in [-0.1, -0.05) is 0 Å². The van der Waals surface area contributed by atoms with Crippen LogP contribution in [0.25, 0.3) is 11.0 Å². The minimum atomic E-state index is 0.249. The second-order valence-corrected chi connectivity index (χ2v) is 5.31. The average molecular weight is 291 g/mol. The Hall–Kier alpha value is -1.88. The van der Waals surface area contributed by atoms with Gasteiger partial charge in [0, 0.05) is 6.07 Å². The maximum absolute atomic E-state index is 6.03. The van der Waals surface area contributed by atoms with Crippen LogP contribution in [0.5, 0.6) is 17.2 Å². The first-order chi connectivity index (χ1) is 10.2. The SMILES string of the molecule is CNC(c1cc2c(OC)c(OC)c(OC)cc2o1)C1CC1. The lowest BCUT2D eigenvalue weighted by molar-refractivity contribution is 0.326. The molecule has 1 aromatic carbocycles. The van der Waals surface area contributed by atoms with Crippen LogP contribution < -0.4 is 19.5 Å². The summed E-state index contributed by atoms with van der Waals surface area (Å²) in [4.78, 5) is 0. The highest BCUT2D eigenvalue weighted by atomic mass is 16.5. The fourth-order valence-corrected chi connectivity index (χ4v) is 2.87. The maximum atomic E-state index is 6.03. The fraction of sp³-hybridized carbons (Fsp3) is 0.500. The lowest BCUT2D eigenvalue weighted by Crippen LogP contribution is -2.17. The van der Waals surface area contributed by atoms with Crippen molar-refractivity contribution in [1.29, 1.82) is 0 Å². The van der Waals surface area contributed by atoms with Gasteiger partial charge in [0.05, 0.1) is 32.8 Å². The molecule has 2 aromatic rings. The number of rotatable bonds is 6. The van der Waals surface area contributed by atoms with E-state index in [9.17, 15) is 0 Å². The van der Waals surface area contributed by atoms with Crippen LogP contribution in [0.3, 0.4) is 0 Å². The lowest BCUT2D eigenvalue weighted by atomic mass is 10.1. The normalized spacial score (nSPS) is 16.0. The fourth-order valence-electron chi connectivity index (χ4n) is 2.87. The van der Waals surface area contributed by atoms with Gasteiger partial charge < -0.3 is 23.9 Å². The van der Waals surface area contributed by atoms with Gasteiger partial charge >= 0.3 is 0 Å². The quantitative estimate of drug-likeness (QED) is 0.886. The van der Waals surface area contributed by atoms with Crippen molar-refractivity contribution in [2.75, 3.05) is 28.4 Å². The van der Waals surface area contributed by atoms with Gasteiger partial charge in [0.2, 0.25) is 5.75 Å². The molecule has 1 aliphatic rings. The average Bonchev–Trinajstić information content (AvgIpc) is 3.24. The number of methoxy groups -OCH3 is 3. The zero-order chi connectivity index (χ0) is 15.0. The molecule has 1 aromatic heterocycles. The first-order valence-electron chi connectivity index (χ1n) is 7.13. The molecule has 114 valence electrons. The first-order valence-corrected chi connectivity index (χ1v) is 7.13. The Balaban J connectivity index is 2.15. The Kier molecular flexibility index (Phi) is 3.68. The standard InChI is InChI=1S/C16H21NO4/c1-17-14(9-5-6-9)12-7-10-11(21-12)8-13(18-2)16(20-4)15(10)19-3/h7-9,14,17H,5-6H2,1-4H3. The van der Waals surface area contributed by atoms with E-state index < -0.39 is 0 Å². The Bertz CT molecular complexity index is 645. The van der Waals surface area contributed by atoms with E-state index in [-0.39, 0.29) is 6.04 Å². The molecule has 1 atom stereocenters. The largest absolute Gasteiger partial charge is 0.493 e. The highest BCUT2D eigenvalue weighted by molar-refractivity contribution is 5.90. The molecule has 5 nitrogen and oxygen atoms in total. The molecule has 0 amide bonds. The summed E-state index contributed by atoms with van der Waals surface area (Å²) >= 11 is 0. The molecule has 0 radical (unpaired) electrons. The maximum Gasteiger partial charge on any atom is 0.204 e. The van der Waals surface area contributed by atoms with Crippen LogP contribution in [0, 0.1) is 5.92 Å². The van der Waals surface area contributed by atoms with E-state index in [2.05, 4.69) is 5.32 Å². The van der Waals surface area contributed by atoms with Crippen LogP contribution in [0.1, 0.15) is 24.6 Å². The van der Waals surface area contributed by atoms with E-state index in [1.54, 1.807) is 21.3 Å². The summed E-state index contributed by atoms with van der Waals surface area (Å²) in [5.41, 5.74) is 0.750. The molecular formula is C16H21NO4. The van der Waals surface area contributed by atoms with Crippen LogP contribution in [-0.4, -0.2) is 28.4 Å². The van der Waals surface area contributed by atoms with Gasteiger partial charge in [-0.3, -0.25) is 0 Å². The van der Waals surface area contributed by atoms with Gasteiger partial charge in [-0.25, -0.2) is 0 Å². The molecule has 1 aliphatic carbocycles. The van der Waals surface area contributed by atoms with E-state index in [1.165, 1.54) is 12.8 Å². The molecule has 0 saturated heterocycles. The molecule has 1 N–H and O–H groups in total. The van der Waals surface area contributed by atoms with Gasteiger partial charge in [0.25, 0.3) is 0 Å². The van der Waals surface area contributed by atoms with E-state index >= 15 is 0 Å². The van der Waals surface area contributed by atoms with Crippen LogP contribution >= 0.6 is 0 Å². The van der Waals surface area contributed by atoms with Crippen molar-refractivity contribution in [2.24, 2.45) is 5.92 Å². The predicted octanol–water partition coefficient (Wildman–Crippen LogP) is 3.13. The summed E-state index contributed by atoms with van der Waals surface area (Å²) < 4.78 is 22.3. The topological polar surface area (TPSA) is 52.9 Å². The summed E-state index contributed by atoms with van der Waals surface area (Å²) in [5, 5.41) is 4.25. The molecule has 1 saturated carbocycles. The first kappa shape index (κ1) is 14.1. The third kappa shape index (κ3) is 2.31. The number of ether oxygens (including phenoxy) is 3.